The molecular weight excluding hydrogens is 344 g/mol. The third-order valence-electron chi connectivity index (χ3n) is 4.85. The van der Waals surface area contributed by atoms with Gasteiger partial charge in [-0.3, -0.25) is 0 Å². The highest BCUT2D eigenvalue weighted by Gasteiger charge is 2.20. The van der Waals surface area contributed by atoms with Gasteiger partial charge in [-0.05, 0) is 48.7 Å². The predicted molar refractivity (Wildman–Crippen MR) is 104 cm³/mol. The molecule has 0 atom stereocenters. The van der Waals surface area contributed by atoms with Crippen molar-refractivity contribution < 1.29 is 4.74 Å². The van der Waals surface area contributed by atoms with E-state index in [0.717, 1.165) is 22.6 Å². The number of aromatic nitrogens is 2. The molecule has 1 aliphatic rings. The van der Waals surface area contributed by atoms with Crippen LogP contribution in [0.2, 0.25) is 5.15 Å². The van der Waals surface area contributed by atoms with Gasteiger partial charge in [-0.2, -0.15) is 0 Å². The minimum Gasteiger partial charge on any atom is -0.489 e. The van der Waals surface area contributed by atoms with Crippen LogP contribution in [-0.4, -0.2) is 9.97 Å². The van der Waals surface area contributed by atoms with Gasteiger partial charge in [0, 0.05) is 17.2 Å². The molecular formula is C22H21ClN2O. The van der Waals surface area contributed by atoms with Crippen molar-refractivity contribution >= 4 is 11.6 Å². The molecule has 0 bridgehead atoms. The van der Waals surface area contributed by atoms with Gasteiger partial charge >= 0.3 is 0 Å². The van der Waals surface area contributed by atoms with Gasteiger partial charge in [0.1, 0.15) is 17.5 Å². The highest BCUT2D eigenvalue weighted by atomic mass is 35.5. The highest BCUT2D eigenvalue weighted by molar-refractivity contribution is 6.29. The van der Waals surface area contributed by atoms with Crippen molar-refractivity contribution in [1.29, 1.82) is 0 Å². The van der Waals surface area contributed by atoms with Crippen molar-refractivity contribution in [3.05, 3.63) is 77.1 Å². The number of nitrogens with zero attached hydrogens (tertiary/aromatic N) is 2. The number of benzene rings is 2. The van der Waals surface area contributed by atoms with Crippen LogP contribution >= 0.6 is 11.6 Å². The molecule has 0 spiro atoms. The van der Waals surface area contributed by atoms with E-state index in [0.29, 0.717) is 23.5 Å². The fraction of sp³-hybridized carbons (Fsp3) is 0.273. The van der Waals surface area contributed by atoms with Crippen LogP contribution in [0.1, 0.15) is 42.9 Å². The Labute approximate surface area is 159 Å². The molecule has 0 amide bonds. The van der Waals surface area contributed by atoms with Crippen LogP contribution in [0.5, 0.6) is 5.75 Å². The zero-order valence-corrected chi connectivity index (χ0v) is 15.3. The zero-order valence-electron chi connectivity index (χ0n) is 14.6. The van der Waals surface area contributed by atoms with Crippen LogP contribution in [0.15, 0.2) is 60.7 Å². The molecule has 1 fully saturated rings. The van der Waals surface area contributed by atoms with Crippen LogP contribution in [0.3, 0.4) is 0 Å². The first-order chi connectivity index (χ1) is 12.8. The normalized spacial score (nSPS) is 14.5. The van der Waals surface area contributed by atoms with Gasteiger partial charge in [0.2, 0.25) is 0 Å². The Balaban J connectivity index is 1.49. The van der Waals surface area contributed by atoms with Gasteiger partial charge in [-0.25, -0.2) is 9.97 Å². The van der Waals surface area contributed by atoms with E-state index in [1.54, 1.807) is 0 Å². The molecule has 0 N–H and O–H groups in total. The maximum Gasteiger partial charge on any atom is 0.161 e. The third-order valence-corrected chi connectivity index (χ3v) is 5.04. The lowest BCUT2D eigenvalue weighted by atomic mass is 10.0. The van der Waals surface area contributed by atoms with Crippen molar-refractivity contribution in [3.8, 4) is 17.1 Å². The average molecular weight is 365 g/mol. The van der Waals surface area contributed by atoms with Gasteiger partial charge in [0.15, 0.2) is 5.82 Å². The molecule has 0 aliphatic heterocycles. The first-order valence-electron chi connectivity index (χ1n) is 9.09. The molecule has 1 aliphatic carbocycles. The maximum atomic E-state index is 6.25. The van der Waals surface area contributed by atoms with Crippen LogP contribution in [0, 0.1) is 0 Å². The molecule has 132 valence electrons. The van der Waals surface area contributed by atoms with Crippen LogP contribution in [0.25, 0.3) is 11.4 Å². The lowest BCUT2D eigenvalue weighted by Crippen LogP contribution is -2.00. The Morgan fingerprint density at radius 1 is 0.923 bits per heavy atom. The molecule has 3 nitrogen and oxygen atoms in total. The summed E-state index contributed by atoms with van der Waals surface area (Å²) in [5.41, 5.74) is 3.18. The predicted octanol–water partition coefficient (Wildman–Crippen LogP) is 6.03. The Morgan fingerprint density at radius 2 is 1.65 bits per heavy atom. The van der Waals surface area contributed by atoms with Gasteiger partial charge in [-0.15, -0.1) is 0 Å². The monoisotopic (exact) mass is 364 g/mol. The summed E-state index contributed by atoms with van der Waals surface area (Å²) in [6.07, 6.45) is 4.93. The third kappa shape index (κ3) is 4.05. The van der Waals surface area contributed by atoms with Crippen molar-refractivity contribution in [1.82, 2.24) is 9.97 Å². The number of hydrogen-bond donors (Lipinski definition) is 0. The summed E-state index contributed by atoms with van der Waals surface area (Å²) in [5.74, 6) is 2.03. The van der Waals surface area contributed by atoms with E-state index in [9.17, 15) is 0 Å². The van der Waals surface area contributed by atoms with Gasteiger partial charge in [0.05, 0.1) is 0 Å². The minimum atomic E-state index is 0.515. The molecule has 4 rings (SSSR count). The van der Waals surface area contributed by atoms with E-state index in [2.05, 4.69) is 17.1 Å². The van der Waals surface area contributed by atoms with Gasteiger partial charge in [0.25, 0.3) is 0 Å². The van der Waals surface area contributed by atoms with Gasteiger partial charge < -0.3 is 4.74 Å². The number of ether oxygens (including phenoxy) is 1. The second-order valence-electron chi connectivity index (χ2n) is 6.72. The van der Waals surface area contributed by atoms with E-state index in [-0.39, 0.29) is 0 Å². The summed E-state index contributed by atoms with van der Waals surface area (Å²) in [4.78, 5) is 9.18. The van der Waals surface area contributed by atoms with E-state index >= 15 is 0 Å². The van der Waals surface area contributed by atoms with E-state index in [1.165, 1.54) is 25.7 Å². The largest absolute Gasteiger partial charge is 0.489 e. The Bertz CT molecular complexity index is 859. The first kappa shape index (κ1) is 17.0. The standard InChI is InChI=1S/C22H21ClN2O/c23-21-14-20(17-8-4-5-9-17)24-22(25-21)18-10-12-19(13-11-18)26-15-16-6-2-1-3-7-16/h1-3,6-7,10-14,17H,4-5,8-9,15H2. The molecule has 1 aromatic heterocycles. The van der Waals surface area contributed by atoms with Crippen LogP contribution < -0.4 is 4.74 Å². The smallest absolute Gasteiger partial charge is 0.161 e. The van der Waals surface area contributed by atoms with Crippen LogP contribution in [-0.2, 0) is 6.61 Å². The molecule has 3 aromatic rings. The molecule has 0 saturated heterocycles. The Hall–Kier alpha value is -2.39. The lowest BCUT2D eigenvalue weighted by Gasteiger charge is -2.11. The maximum absolute atomic E-state index is 6.25. The summed E-state index contributed by atoms with van der Waals surface area (Å²) in [5, 5.41) is 0.515. The molecule has 0 unspecified atom stereocenters. The summed E-state index contributed by atoms with van der Waals surface area (Å²) in [7, 11) is 0. The minimum absolute atomic E-state index is 0.515. The van der Waals surface area contributed by atoms with Crippen molar-refractivity contribution in [2.24, 2.45) is 0 Å². The highest BCUT2D eigenvalue weighted by Crippen LogP contribution is 2.34. The average Bonchev–Trinajstić information content (AvgIpc) is 3.22. The van der Waals surface area contributed by atoms with Crippen molar-refractivity contribution in [2.75, 3.05) is 0 Å². The summed E-state index contributed by atoms with van der Waals surface area (Å²) in [6.45, 7) is 0.555. The van der Waals surface area contributed by atoms with E-state index < -0.39 is 0 Å². The Kier molecular flexibility index (Phi) is 5.16. The fourth-order valence-electron chi connectivity index (χ4n) is 3.44. The molecule has 4 heteroatoms. The quantitative estimate of drug-likeness (QED) is 0.518. The second-order valence-corrected chi connectivity index (χ2v) is 7.11. The van der Waals surface area contributed by atoms with Crippen LogP contribution in [0.4, 0.5) is 0 Å². The zero-order chi connectivity index (χ0) is 17.8. The van der Waals surface area contributed by atoms with E-state index in [4.69, 9.17) is 21.3 Å². The number of halogens is 1. The molecule has 26 heavy (non-hydrogen) atoms. The SMILES string of the molecule is Clc1cc(C2CCCC2)nc(-c2ccc(OCc3ccccc3)cc2)n1. The van der Waals surface area contributed by atoms with Crippen molar-refractivity contribution in [3.63, 3.8) is 0 Å². The number of hydrogen-bond acceptors (Lipinski definition) is 3. The fourth-order valence-corrected chi connectivity index (χ4v) is 3.63. The lowest BCUT2D eigenvalue weighted by molar-refractivity contribution is 0.306. The van der Waals surface area contributed by atoms with Gasteiger partial charge in [-0.1, -0.05) is 54.8 Å². The topological polar surface area (TPSA) is 35.0 Å². The van der Waals surface area contributed by atoms with E-state index in [1.807, 2.05) is 48.5 Å². The Morgan fingerprint density at radius 3 is 2.38 bits per heavy atom. The summed E-state index contributed by atoms with van der Waals surface area (Å²) >= 11 is 6.25. The molecule has 0 radical (unpaired) electrons. The van der Waals surface area contributed by atoms with Crippen molar-refractivity contribution in [2.45, 2.75) is 38.2 Å². The molecule has 2 aromatic carbocycles. The summed E-state index contributed by atoms with van der Waals surface area (Å²) in [6, 6.07) is 19.9. The summed E-state index contributed by atoms with van der Waals surface area (Å²) < 4.78 is 5.84. The first-order valence-corrected chi connectivity index (χ1v) is 9.47. The molecule has 1 heterocycles. The second kappa shape index (κ2) is 7.88. The number of rotatable bonds is 5. The molecule has 1 saturated carbocycles.